The molecule has 0 radical (unpaired) electrons. The van der Waals surface area contributed by atoms with Crippen LogP contribution in [0.5, 0.6) is 0 Å². The zero-order valence-electron chi connectivity index (χ0n) is 7.68. The number of piperidine rings is 1. The summed E-state index contributed by atoms with van der Waals surface area (Å²) in [5.41, 5.74) is 0. The summed E-state index contributed by atoms with van der Waals surface area (Å²) in [6, 6.07) is 0. The van der Waals surface area contributed by atoms with Crippen LogP contribution < -0.4 is 4.90 Å². The molecule has 0 bridgehead atoms. The minimum absolute atomic E-state index is 0.197. The number of β-amino-alcohol motifs (C(OH)–C–C–N with tert-alkyl or cyclic N) is 1. The second-order valence-corrected chi connectivity index (χ2v) is 4.47. The predicted octanol–water partition coefficient (Wildman–Crippen LogP) is 1.35. The summed E-state index contributed by atoms with van der Waals surface area (Å²) in [4.78, 5) is 6.39. The number of anilines is 1. The fraction of sp³-hybridized carbons (Fsp3) is 0.667. The first-order valence-corrected chi connectivity index (χ1v) is 5.48. The van der Waals surface area contributed by atoms with E-state index in [1.165, 1.54) is 0 Å². The maximum absolute atomic E-state index is 9.68. The van der Waals surface area contributed by atoms with Crippen LogP contribution in [-0.2, 0) is 0 Å². The van der Waals surface area contributed by atoms with Crippen molar-refractivity contribution in [3.8, 4) is 0 Å². The van der Waals surface area contributed by atoms with E-state index in [1.54, 1.807) is 11.3 Å². The quantitative estimate of drug-likeness (QED) is 0.740. The second kappa shape index (κ2) is 3.64. The first-order chi connectivity index (χ1) is 6.27. The van der Waals surface area contributed by atoms with Crippen molar-refractivity contribution in [2.75, 3.05) is 18.0 Å². The summed E-state index contributed by atoms with van der Waals surface area (Å²) < 4.78 is 0. The van der Waals surface area contributed by atoms with Gasteiger partial charge >= 0.3 is 0 Å². The molecule has 4 heteroatoms. The summed E-state index contributed by atoms with van der Waals surface area (Å²) in [5, 5.41) is 12.7. The molecule has 1 aliphatic rings. The van der Waals surface area contributed by atoms with Gasteiger partial charge in [0.05, 0.1) is 6.10 Å². The van der Waals surface area contributed by atoms with Gasteiger partial charge in [-0.3, -0.25) is 0 Å². The van der Waals surface area contributed by atoms with E-state index >= 15 is 0 Å². The molecular formula is C9H14N2OS. The Morgan fingerprint density at radius 2 is 2.54 bits per heavy atom. The minimum atomic E-state index is -0.197. The third kappa shape index (κ3) is 1.84. The lowest BCUT2D eigenvalue weighted by molar-refractivity contribution is 0.103. The number of hydrogen-bond acceptors (Lipinski definition) is 4. The third-order valence-corrected chi connectivity index (χ3v) is 3.44. The molecule has 2 rings (SSSR count). The monoisotopic (exact) mass is 198 g/mol. The molecule has 0 saturated carbocycles. The Hall–Kier alpha value is -0.610. The summed E-state index contributed by atoms with van der Waals surface area (Å²) in [5.74, 6) is 0.427. The Kier molecular flexibility index (Phi) is 2.51. The molecule has 2 atom stereocenters. The summed E-state index contributed by atoms with van der Waals surface area (Å²) in [6.07, 6.45) is 2.67. The summed E-state index contributed by atoms with van der Waals surface area (Å²) in [7, 11) is 0. The van der Waals surface area contributed by atoms with Crippen molar-refractivity contribution in [3.63, 3.8) is 0 Å². The van der Waals surface area contributed by atoms with Crippen LogP contribution >= 0.6 is 11.3 Å². The van der Waals surface area contributed by atoms with E-state index in [4.69, 9.17) is 0 Å². The lowest BCUT2D eigenvalue weighted by Crippen LogP contribution is -2.42. The Balaban J connectivity index is 2.03. The lowest BCUT2D eigenvalue weighted by atomic mass is 9.96. The van der Waals surface area contributed by atoms with Crippen molar-refractivity contribution < 1.29 is 5.11 Å². The van der Waals surface area contributed by atoms with E-state index in [-0.39, 0.29) is 6.10 Å². The Bertz CT molecular complexity index is 263. The van der Waals surface area contributed by atoms with Crippen LogP contribution in [0, 0.1) is 5.92 Å². The largest absolute Gasteiger partial charge is 0.391 e. The van der Waals surface area contributed by atoms with Crippen LogP contribution in [0.1, 0.15) is 13.3 Å². The van der Waals surface area contributed by atoms with E-state index in [0.29, 0.717) is 5.92 Å². The predicted molar refractivity (Wildman–Crippen MR) is 54.1 cm³/mol. The molecule has 1 aromatic heterocycles. The SMILES string of the molecule is CC1CCN(c2nccs2)CC1O. The number of hydrogen-bond donors (Lipinski definition) is 1. The second-order valence-electron chi connectivity index (χ2n) is 3.59. The Morgan fingerprint density at radius 3 is 3.15 bits per heavy atom. The standard InChI is InChI=1S/C9H14N2OS/c1-7-2-4-11(6-8(7)12)9-10-3-5-13-9/h3,5,7-8,12H,2,4,6H2,1H3. The molecule has 0 amide bonds. The van der Waals surface area contributed by atoms with Crippen molar-refractivity contribution in [1.82, 2.24) is 4.98 Å². The van der Waals surface area contributed by atoms with Crippen LogP contribution in [0.4, 0.5) is 5.13 Å². The van der Waals surface area contributed by atoms with Gasteiger partial charge in [0, 0.05) is 24.7 Å². The lowest BCUT2D eigenvalue weighted by Gasteiger charge is -2.33. The van der Waals surface area contributed by atoms with E-state index in [0.717, 1.165) is 24.6 Å². The van der Waals surface area contributed by atoms with Gasteiger partial charge in [-0.25, -0.2) is 4.98 Å². The molecule has 1 aliphatic heterocycles. The molecule has 0 aliphatic carbocycles. The highest BCUT2D eigenvalue weighted by molar-refractivity contribution is 7.13. The van der Waals surface area contributed by atoms with Gasteiger partial charge < -0.3 is 10.0 Å². The zero-order valence-corrected chi connectivity index (χ0v) is 8.50. The van der Waals surface area contributed by atoms with Crippen LogP contribution in [0.25, 0.3) is 0 Å². The number of thiazole rings is 1. The van der Waals surface area contributed by atoms with Gasteiger partial charge in [0.1, 0.15) is 0 Å². The molecule has 72 valence electrons. The summed E-state index contributed by atoms with van der Waals surface area (Å²) >= 11 is 1.64. The molecule has 13 heavy (non-hydrogen) atoms. The Labute approximate surface area is 82.0 Å². The number of aliphatic hydroxyl groups is 1. The molecule has 2 heterocycles. The molecule has 2 unspecified atom stereocenters. The maximum atomic E-state index is 9.68. The number of aromatic nitrogens is 1. The van der Waals surface area contributed by atoms with E-state index in [1.807, 2.05) is 11.6 Å². The van der Waals surface area contributed by atoms with Crippen LogP contribution in [0.3, 0.4) is 0 Å². The number of rotatable bonds is 1. The maximum Gasteiger partial charge on any atom is 0.185 e. The van der Waals surface area contributed by atoms with Crippen LogP contribution in [0.2, 0.25) is 0 Å². The van der Waals surface area contributed by atoms with Gasteiger partial charge in [0.15, 0.2) is 5.13 Å². The van der Waals surface area contributed by atoms with Gasteiger partial charge in [-0.05, 0) is 12.3 Å². The number of nitrogens with zero attached hydrogens (tertiary/aromatic N) is 2. The fourth-order valence-electron chi connectivity index (χ4n) is 1.59. The van der Waals surface area contributed by atoms with Crippen molar-refractivity contribution >= 4 is 16.5 Å². The first kappa shape index (κ1) is 8.97. The molecule has 0 aromatic carbocycles. The van der Waals surface area contributed by atoms with Gasteiger partial charge in [-0.2, -0.15) is 0 Å². The number of aliphatic hydroxyl groups excluding tert-OH is 1. The molecule has 1 fully saturated rings. The van der Waals surface area contributed by atoms with Gasteiger partial charge in [0.25, 0.3) is 0 Å². The van der Waals surface area contributed by atoms with E-state index < -0.39 is 0 Å². The van der Waals surface area contributed by atoms with Gasteiger partial charge in [0.2, 0.25) is 0 Å². The van der Waals surface area contributed by atoms with E-state index in [9.17, 15) is 5.11 Å². The minimum Gasteiger partial charge on any atom is -0.391 e. The van der Waals surface area contributed by atoms with Gasteiger partial charge in [-0.1, -0.05) is 6.92 Å². The van der Waals surface area contributed by atoms with Crippen LogP contribution in [0.15, 0.2) is 11.6 Å². The van der Waals surface area contributed by atoms with E-state index in [2.05, 4.69) is 16.8 Å². The zero-order chi connectivity index (χ0) is 9.26. The Morgan fingerprint density at radius 1 is 1.69 bits per heavy atom. The average Bonchev–Trinajstić information content (AvgIpc) is 2.62. The van der Waals surface area contributed by atoms with Crippen LogP contribution in [-0.4, -0.2) is 29.3 Å². The molecule has 1 N–H and O–H groups in total. The normalized spacial score (nSPS) is 29.2. The van der Waals surface area contributed by atoms with Gasteiger partial charge in [-0.15, -0.1) is 11.3 Å². The highest BCUT2D eigenvalue weighted by Crippen LogP contribution is 2.24. The highest BCUT2D eigenvalue weighted by atomic mass is 32.1. The molecule has 1 aromatic rings. The average molecular weight is 198 g/mol. The fourth-order valence-corrected chi connectivity index (χ4v) is 2.27. The molecular weight excluding hydrogens is 184 g/mol. The molecule has 1 saturated heterocycles. The van der Waals surface area contributed by atoms with Crippen molar-refractivity contribution in [2.24, 2.45) is 5.92 Å². The third-order valence-electron chi connectivity index (χ3n) is 2.61. The highest BCUT2D eigenvalue weighted by Gasteiger charge is 2.25. The van der Waals surface area contributed by atoms with Crippen molar-refractivity contribution in [2.45, 2.75) is 19.4 Å². The molecule has 0 spiro atoms. The summed E-state index contributed by atoms with van der Waals surface area (Å²) in [6.45, 7) is 3.85. The smallest absolute Gasteiger partial charge is 0.185 e. The molecule has 3 nitrogen and oxygen atoms in total. The van der Waals surface area contributed by atoms with Crippen molar-refractivity contribution in [1.29, 1.82) is 0 Å². The first-order valence-electron chi connectivity index (χ1n) is 4.60. The topological polar surface area (TPSA) is 36.4 Å². The van der Waals surface area contributed by atoms with Crippen molar-refractivity contribution in [3.05, 3.63) is 11.6 Å².